The van der Waals surface area contributed by atoms with Crippen molar-refractivity contribution in [3.05, 3.63) is 18.0 Å². The van der Waals surface area contributed by atoms with E-state index in [1.54, 1.807) is 0 Å². The largest absolute Gasteiger partial charge is 0.478 e. The molecule has 0 aliphatic heterocycles. The van der Waals surface area contributed by atoms with E-state index < -0.39 is 5.97 Å². The molecular weight excluding hydrogens is 242 g/mol. The lowest BCUT2D eigenvalue weighted by molar-refractivity contribution is 0.0696. The molecule has 1 fully saturated rings. The molecule has 0 spiro atoms. The Balaban J connectivity index is 2.18. The third-order valence-corrected chi connectivity index (χ3v) is 3.47. The van der Waals surface area contributed by atoms with Gasteiger partial charge in [0.1, 0.15) is 0 Å². The maximum atomic E-state index is 10.8. The van der Waals surface area contributed by atoms with E-state index in [9.17, 15) is 4.79 Å². The van der Waals surface area contributed by atoms with Crippen LogP contribution in [-0.4, -0.2) is 33.6 Å². The number of anilines is 1. The van der Waals surface area contributed by atoms with Crippen LogP contribution >= 0.6 is 0 Å². The van der Waals surface area contributed by atoms with Gasteiger partial charge in [-0.1, -0.05) is 26.7 Å². The normalized spacial score (nSPS) is 15.9. The van der Waals surface area contributed by atoms with Gasteiger partial charge in [0, 0.05) is 25.0 Å². The Morgan fingerprint density at radius 2 is 1.95 bits per heavy atom. The SMILES string of the molecule is CC(C)CN(c1ncc(C(=O)O)cn1)C1CCCC1. The molecule has 104 valence electrons. The first-order chi connectivity index (χ1) is 9.08. The summed E-state index contributed by atoms with van der Waals surface area (Å²) in [6, 6.07) is 0.498. The molecule has 1 saturated carbocycles. The zero-order valence-electron chi connectivity index (χ0n) is 11.5. The second-order valence-corrected chi connectivity index (χ2v) is 5.56. The summed E-state index contributed by atoms with van der Waals surface area (Å²) in [5, 5.41) is 8.88. The average molecular weight is 263 g/mol. The Hall–Kier alpha value is -1.65. The van der Waals surface area contributed by atoms with Crippen LogP contribution in [-0.2, 0) is 0 Å². The van der Waals surface area contributed by atoms with Crippen LogP contribution in [0, 0.1) is 5.92 Å². The number of hydrogen-bond acceptors (Lipinski definition) is 4. The van der Waals surface area contributed by atoms with Gasteiger partial charge in [-0.15, -0.1) is 0 Å². The molecule has 0 saturated heterocycles. The van der Waals surface area contributed by atoms with E-state index in [2.05, 4.69) is 28.7 Å². The zero-order valence-corrected chi connectivity index (χ0v) is 11.5. The van der Waals surface area contributed by atoms with Crippen molar-refractivity contribution < 1.29 is 9.90 Å². The highest BCUT2D eigenvalue weighted by Gasteiger charge is 2.25. The minimum atomic E-state index is -0.983. The summed E-state index contributed by atoms with van der Waals surface area (Å²) in [5.41, 5.74) is 0.139. The molecule has 5 heteroatoms. The average Bonchev–Trinajstić information content (AvgIpc) is 2.89. The molecule has 1 aromatic heterocycles. The van der Waals surface area contributed by atoms with Crippen LogP contribution in [0.25, 0.3) is 0 Å². The maximum absolute atomic E-state index is 10.8. The smallest absolute Gasteiger partial charge is 0.338 e. The molecule has 1 aromatic rings. The fourth-order valence-electron chi connectivity index (χ4n) is 2.58. The minimum absolute atomic E-state index is 0.139. The number of hydrogen-bond donors (Lipinski definition) is 1. The molecule has 0 atom stereocenters. The molecule has 19 heavy (non-hydrogen) atoms. The second kappa shape index (κ2) is 5.99. The number of rotatable bonds is 5. The standard InChI is InChI=1S/C14H21N3O2/c1-10(2)9-17(12-5-3-4-6-12)14-15-7-11(8-16-14)13(18)19/h7-8,10,12H,3-6,9H2,1-2H3,(H,18,19). The molecule has 1 heterocycles. The van der Waals surface area contributed by atoms with Crippen LogP contribution in [0.4, 0.5) is 5.95 Å². The highest BCUT2D eigenvalue weighted by molar-refractivity contribution is 5.86. The van der Waals surface area contributed by atoms with Gasteiger partial charge in [0.15, 0.2) is 0 Å². The Bertz CT molecular complexity index is 425. The molecule has 5 nitrogen and oxygen atoms in total. The summed E-state index contributed by atoms with van der Waals surface area (Å²) in [6.45, 7) is 5.26. The quantitative estimate of drug-likeness (QED) is 0.884. The van der Waals surface area contributed by atoms with Crippen molar-refractivity contribution >= 4 is 11.9 Å². The van der Waals surface area contributed by atoms with Crippen molar-refractivity contribution in [3.63, 3.8) is 0 Å². The fraction of sp³-hybridized carbons (Fsp3) is 0.643. The molecular formula is C14H21N3O2. The maximum Gasteiger partial charge on any atom is 0.338 e. The molecule has 1 N–H and O–H groups in total. The first kappa shape index (κ1) is 13.8. The molecule has 2 rings (SSSR count). The molecule has 0 amide bonds. The summed E-state index contributed by atoms with van der Waals surface area (Å²) in [5.74, 6) is 0.205. The Morgan fingerprint density at radius 3 is 2.42 bits per heavy atom. The number of aromatic nitrogens is 2. The van der Waals surface area contributed by atoms with Gasteiger partial charge in [-0.2, -0.15) is 0 Å². The van der Waals surface area contributed by atoms with Crippen LogP contribution in [0.3, 0.4) is 0 Å². The van der Waals surface area contributed by atoms with Crippen molar-refractivity contribution in [1.82, 2.24) is 9.97 Å². The highest BCUT2D eigenvalue weighted by atomic mass is 16.4. The van der Waals surface area contributed by atoms with Gasteiger partial charge in [0.2, 0.25) is 5.95 Å². The number of aromatic carboxylic acids is 1. The molecule has 1 aliphatic carbocycles. The summed E-state index contributed by atoms with van der Waals surface area (Å²) >= 11 is 0. The van der Waals surface area contributed by atoms with Crippen LogP contribution in [0.1, 0.15) is 49.9 Å². The Morgan fingerprint density at radius 1 is 1.37 bits per heavy atom. The van der Waals surface area contributed by atoms with E-state index in [1.165, 1.54) is 38.1 Å². The highest BCUT2D eigenvalue weighted by Crippen LogP contribution is 2.26. The van der Waals surface area contributed by atoms with Crippen molar-refractivity contribution in [2.45, 2.75) is 45.6 Å². The first-order valence-electron chi connectivity index (χ1n) is 6.90. The van der Waals surface area contributed by atoms with E-state index >= 15 is 0 Å². The second-order valence-electron chi connectivity index (χ2n) is 5.56. The lowest BCUT2D eigenvalue weighted by Crippen LogP contribution is -2.37. The predicted octanol–water partition coefficient (Wildman–Crippen LogP) is 2.58. The van der Waals surface area contributed by atoms with E-state index in [4.69, 9.17) is 5.11 Å². The number of nitrogens with zero attached hydrogens (tertiary/aromatic N) is 3. The van der Waals surface area contributed by atoms with E-state index in [-0.39, 0.29) is 5.56 Å². The molecule has 1 aliphatic rings. The monoisotopic (exact) mass is 263 g/mol. The van der Waals surface area contributed by atoms with Gasteiger partial charge in [-0.05, 0) is 18.8 Å². The lowest BCUT2D eigenvalue weighted by Gasteiger charge is -2.30. The lowest BCUT2D eigenvalue weighted by atomic mass is 10.1. The first-order valence-corrected chi connectivity index (χ1v) is 6.90. The van der Waals surface area contributed by atoms with Crippen molar-refractivity contribution in [2.75, 3.05) is 11.4 Å². The van der Waals surface area contributed by atoms with Crippen molar-refractivity contribution in [1.29, 1.82) is 0 Å². The van der Waals surface area contributed by atoms with E-state index in [1.807, 2.05) is 0 Å². The Kier molecular flexibility index (Phi) is 4.35. The molecule has 0 aromatic carbocycles. The third kappa shape index (κ3) is 3.43. The summed E-state index contributed by atoms with van der Waals surface area (Å²) in [4.78, 5) is 21.5. The summed E-state index contributed by atoms with van der Waals surface area (Å²) in [7, 11) is 0. The van der Waals surface area contributed by atoms with Crippen molar-refractivity contribution in [3.8, 4) is 0 Å². The van der Waals surface area contributed by atoms with E-state index in [0.29, 0.717) is 17.9 Å². The number of carboxylic acid groups (broad SMARTS) is 1. The van der Waals surface area contributed by atoms with Crippen molar-refractivity contribution in [2.24, 2.45) is 5.92 Å². The number of carboxylic acids is 1. The van der Waals surface area contributed by atoms with Gasteiger partial charge in [-0.25, -0.2) is 14.8 Å². The van der Waals surface area contributed by atoms with Crippen LogP contribution in [0.2, 0.25) is 0 Å². The van der Waals surface area contributed by atoms with Gasteiger partial charge in [0.05, 0.1) is 5.56 Å². The fourth-order valence-corrected chi connectivity index (χ4v) is 2.58. The van der Waals surface area contributed by atoms with Gasteiger partial charge in [-0.3, -0.25) is 0 Å². The molecule has 0 radical (unpaired) electrons. The van der Waals surface area contributed by atoms with Gasteiger partial charge < -0.3 is 10.0 Å². The molecule has 0 bridgehead atoms. The predicted molar refractivity (Wildman–Crippen MR) is 73.4 cm³/mol. The van der Waals surface area contributed by atoms with E-state index in [0.717, 1.165) is 6.54 Å². The third-order valence-electron chi connectivity index (χ3n) is 3.47. The van der Waals surface area contributed by atoms with Crippen LogP contribution in [0.5, 0.6) is 0 Å². The van der Waals surface area contributed by atoms with Gasteiger partial charge in [0.25, 0.3) is 0 Å². The van der Waals surface area contributed by atoms with Crippen LogP contribution in [0.15, 0.2) is 12.4 Å². The topological polar surface area (TPSA) is 66.3 Å². The zero-order chi connectivity index (χ0) is 13.8. The van der Waals surface area contributed by atoms with Crippen LogP contribution < -0.4 is 4.90 Å². The molecule has 0 unspecified atom stereocenters. The Labute approximate surface area is 113 Å². The number of carbonyl (C=O) groups is 1. The summed E-state index contributed by atoms with van der Waals surface area (Å²) in [6.07, 6.45) is 7.66. The minimum Gasteiger partial charge on any atom is -0.478 e. The summed E-state index contributed by atoms with van der Waals surface area (Å²) < 4.78 is 0. The van der Waals surface area contributed by atoms with Gasteiger partial charge >= 0.3 is 5.97 Å².